The smallest absolute Gasteiger partial charge is 0.258 e. The molecular formula is C17H10ClN3O4. The number of non-ortho nitro benzene ring substituents is 2. The summed E-state index contributed by atoms with van der Waals surface area (Å²) in [6, 6.07) is 12.3. The number of para-hydroxylation sites is 1. The Morgan fingerprint density at radius 2 is 1.76 bits per heavy atom. The van der Waals surface area contributed by atoms with Crippen LogP contribution >= 0.6 is 11.6 Å². The van der Waals surface area contributed by atoms with Gasteiger partial charge in [-0.1, -0.05) is 35.9 Å². The highest BCUT2D eigenvalue weighted by Gasteiger charge is 2.12. The van der Waals surface area contributed by atoms with Crippen molar-refractivity contribution in [2.75, 3.05) is 0 Å². The van der Waals surface area contributed by atoms with Gasteiger partial charge in [0.25, 0.3) is 11.4 Å². The average Bonchev–Trinajstić information content (AvgIpc) is 2.60. The van der Waals surface area contributed by atoms with Crippen LogP contribution in [0.15, 0.2) is 48.5 Å². The molecule has 0 radical (unpaired) electrons. The highest BCUT2D eigenvalue weighted by atomic mass is 35.5. The summed E-state index contributed by atoms with van der Waals surface area (Å²) in [6.07, 6.45) is 3.18. The summed E-state index contributed by atoms with van der Waals surface area (Å²) in [5, 5.41) is 23.0. The normalized spacial score (nSPS) is 11.1. The Kier molecular flexibility index (Phi) is 4.40. The molecule has 0 bridgehead atoms. The van der Waals surface area contributed by atoms with Gasteiger partial charge in [-0.3, -0.25) is 20.2 Å². The van der Waals surface area contributed by atoms with Crippen molar-refractivity contribution >= 4 is 46.0 Å². The molecule has 0 aliphatic heterocycles. The van der Waals surface area contributed by atoms with Crippen molar-refractivity contribution < 1.29 is 9.85 Å². The monoisotopic (exact) mass is 355 g/mol. The summed E-state index contributed by atoms with van der Waals surface area (Å²) in [7, 11) is 0. The molecule has 1 aromatic heterocycles. The van der Waals surface area contributed by atoms with Crippen molar-refractivity contribution in [3.8, 4) is 0 Å². The fraction of sp³-hybridized carbons (Fsp3) is 0. The second-order valence-electron chi connectivity index (χ2n) is 5.14. The summed E-state index contributed by atoms with van der Waals surface area (Å²) in [6.45, 7) is 0. The molecule has 0 N–H and O–H groups in total. The zero-order chi connectivity index (χ0) is 18.0. The minimum absolute atomic E-state index is 0.0776. The largest absolute Gasteiger partial charge is 0.295 e. The zero-order valence-corrected chi connectivity index (χ0v) is 13.4. The third kappa shape index (κ3) is 3.46. The van der Waals surface area contributed by atoms with E-state index in [2.05, 4.69) is 4.98 Å². The molecular weight excluding hydrogens is 346 g/mol. The Morgan fingerprint density at radius 1 is 0.960 bits per heavy atom. The third-order valence-corrected chi connectivity index (χ3v) is 3.89. The topological polar surface area (TPSA) is 99.2 Å². The molecule has 1 heterocycles. The van der Waals surface area contributed by atoms with Crippen molar-refractivity contribution in [2.24, 2.45) is 0 Å². The Labute approximate surface area is 146 Å². The summed E-state index contributed by atoms with van der Waals surface area (Å²) >= 11 is 6.05. The first kappa shape index (κ1) is 16.5. The maximum absolute atomic E-state index is 11.1. The molecule has 0 saturated carbocycles. The van der Waals surface area contributed by atoms with Crippen LogP contribution in [0.4, 0.5) is 11.4 Å². The molecule has 7 nitrogen and oxygen atoms in total. The Morgan fingerprint density at radius 3 is 2.48 bits per heavy atom. The molecule has 0 amide bonds. The number of benzene rings is 2. The SMILES string of the molecule is O=[N+]([O-])c1ccc(Cl)c(/C=C/c2ccc3cccc([N+](=O)[O-])c3n2)c1. The first-order valence-corrected chi connectivity index (χ1v) is 7.50. The number of nitro groups is 2. The standard InChI is InChI=1S/C17H10ClN3O4/c18-15-9-8-14(20(22)23)10-12(15)5-7-13-6-4-11-2-1-3-16(21(24)25)17(11)19-13/h1-10H/b7-5+. The van der Waals surface area contributed by atoms with E-state index in [1.165, 1.54) is 24.3 Å². The van der Waals surface area contributed by atoms with Gasteiger partial charge in [-0.05, 0) is 23.8 Å². The lowest BCUT2D eigenvalue weighted by Crippen LogP contribution is -1.92. The van der Waals surface area contributed by atoms with E-state index in [4.69, 9.17) is 11.6 Å². The summed E-state index contributed by atoms with van der Waals surface area (Å²) < 4.78 is 0. The van der Waals surface area contributed by atoms with E-state index in [0.717, 1.165) is 0 Å². The highest BCUT2D eigenvalue weighted by molar-refractivity contribution is 6.32. The van der Waals surface area contributed by atoms with Crippen LogP contribution in [-0.4, -0.2) is 14.8 Å². The number of hydrogen-bond donors (Lipinski definition) is 0. The van der Waals surface area contributed by atoms with Gasteiger partial charge >= 0.3 is 0 Å². The molecule has 0 aliphatic rings. The lowest BCUT2D eigenvalue weighted by molar-refractivity contribution is -0.384. The van der Waals surface area contributed by atoms with Crippen LogP contribution in [0, 0.1) is 20.2 Å². The maximum Gasteiger partial charge on any atom is 0.295 e. The van der Waals surface area contributed by atoms with E-state index >= 15 is 0 Å². The first-order chi connectivity index (χ1) is 12.0. The van der Waals surface area contributed by atoms with E-state index in [1.807, 2.05) is 0 Å². The van der Waals surface area contributed by atoms with E-state index in [1.54, 1.807) is 36.4 Å². The zero-order valence-electron chi connectivity index (χ0n) is 12.6. The van der Waals surface area contributed by atoms with Gasteiger partial charge in [-0.25, -0.2) is 4.98 Å². The summed E-state index contributed by atoms with van der Waals surface area (Å²) in [4.78, 5) is 25.3. The number of fused-ring (bicyclic) bond motifs is 1. The maximum atomic E-state index is 11.1. The molecule has 0 atom stereocenters. The van der Waals surface area contributed by atoms with Crippen LogP contribution in [0.25, 0.3) is 23.1 Å². The van der Waals surface area contributed by atoms with Gasteiger partial charge in [-0.2, -0.15) is 0 Å². The van der Waals surface area contributed by atoms with Gasteiger partial charge in [0, 0.05) is 28.6 Å². The summed E-state index contributed by atoms with van der Waals surface area (Å²) in [5.74, 6) is 0. The number of hydrogen-bond acceptors (Lipinski definition) is 5. The lowest BCUT2D eigenvalue weighted by atomic mass is 10.1. The number of halogens is 1. The molecule has 0 saturated heterocycles. The van der Waals surface area contributed by atoms with Gasteiger partial charge in [-0.15, -0.1) is 0 Å². The van der Waals surface area contributed by atoms with Gasteiger partial charge in [0.2, 0.25) is 0 Å². The molecule has 0 fully saturated rings. The minimum Gasteiger partial charge on any atom is -0.258 e. The van der Waals surface area contributed by atoms with E-state index in [9.17, 15) is 20.2 Å². The molecule has 8 heteroatoms. The second-order valence-corrected chi connectivity index (χ2v) is 5.55. The van der Waals surface area contributed by atoms with Gasteiger partial charge < -0.3 is 0 Å². The molecule has 2 aromatic carbocycles. The molecule has 0 aliphatic carbocycles. The van der Waals surface area contributed by atoms with Crippen molar-refractivity contribution in [1.82, 2.24) is 4.98 Å². The molecule has 3 aromatic rings. The number of pyridine rings is 1. The predicted octanol–water partition coefficient (Wildman–Crippen LogP) is 4.88. The molecule has 3 rings (SSSR count). The Hall–Kier alpha value is -3.32. The molecule has 124 valence electrons. The Bertz CT molecular complexity index is 1030. The van der Waals surface area contributed by atoms with Gasteiger partial charge in [0.1, 0.15) is 5.52 Å². The number of rotatable bonds is 4. The number of nitro benzene ring substituents is 2. The fourth-order valence-corrected chi connectivity index (χ4v) is 2.51. The van der Waals surface area contributed by atoms with Crippen molar-refractivity contribution in [3.63, 3.8) is 0 Å². The van der Waals surface area contributed by atoms with Crippen LogP contribution in [0.3, 0.4) is 0 Å². The van der Waals surface area contributed by atoms with Crippen LogP contribution in [0.5, 0.6) is 0 Å². The Balaban J connectivity index is 2.02. The molecule has 25 heavy (non-hydrogen) atoms. The third-order valence-electron chi connectivity index (χ3n) is 3.54. The van der Waals surface area contributed by atoms with Crippen molar-refractivity contribution in [3.05, 3.63) is 85.0 Å². The van der Waals surface area contributed by atoms with Crippen LogP contribution in [0.2, 0.25) is 5.02 Å². The average molecular weight is 356 g/mol. The van der Waals surface area contributed by atoms with E-state index in [-0.39, 0.29) is 16.9 Å². The first-order valence-electron chi connectivity index (χ1n) is 7.12. The van der Waals surface area contributed by atoms with Crippen LogP contribution in [-0.2, 0) is 0 Å². The molecule has 0 spiro atoms. The predicted molar refractivity (Wildman–Crippen MR) is 95.4 cm³/mol. The molecule has 0 unspecified atom stereocenters. The second kappa shape index (κ2) is 6.66. The highest BCUT2D eigenvalue weighted by Crippen LogP contribution is 2.26. The van der Waals surface area contributed by atoms with Crippen molar-refractivity contribution in [1.29, 1.82) is 0 Å². The van der Waals surface area contributed by atoms with Gasteiger partial charge in [0.05, 0.1) is 15.5 Å². The van der Waals surface area contributed by atoms with Crippen LogP contribution in [0.1, 0.15) is 11.3 Å². The lowest BCUT2D eigenvalue weighted by Gasteiger charge is -2.01. The minimum atomic E-state index is -0.509. The number of nitrogens with zero attached hydrogens (tertiary/aromatic N) is 3. The quantitative estimate of drug-likeness (QED) is 0.490. The van der Waals surface area contributed by atoms with Crippen LogP contribution < -0.4 is 0 Å². The van der Waals surface area contributed by atoms with E-state index in [0.29, 0.717) is 21.7 Å². The van der Waals surface area contributed by atoms with E-state index < -0.39 is 9.85 Å². The fourth-order valence-electron chi connectivity index (χ4n) is 2.33. The number of aromatic nitrogens is 1. The van der Waals surface area contributed by atoms with Crippen molar-refractivity contribution in [2.45, 2.75) is 0 Å². The summed E-state index contributed by atoms with van der Waals surface area (Å²) in [5.41, 5.74) is 1.05. The van der Waals surface area contributed by atoms with Gasteiger partial charge in [0.15, 0.2) is 0 Å².